The lowest BCUT2D eigenvalue weighted by atomic mass is 9.96. The Morgan fingerprint density at radius 2 is 1.65 bits per heavy atom. The normalized spacial score (nSPS) is 15.9. The van der Waals surface area contributed by atoms with Crippen molar-refractivity contribution in [1.29, 1.82) is 0 Å². The summed E-state index contributed by atoms with van der Waals surface area (Å²) in [5, 5.41) is 5.46. The lowest BCUT2D eigenvalue weighted by Crippen LogP contribution is -2.46. The van der Waals surface area contributed by atoms with Crippen LogP contribution in [0.2, 0.25) is 0 Å². The molecule has 34 heavy (non-hydrogen) atoms. The van der Waals surface area contributed by atoms with E-state index in [1.54, 1.807) is 43.9 Å². The van der Waals surface area contributed by atoms with Crippen LogP contribution in [0, 0.1) is 5.92 Å². The Hall–Kier alpha value is -3.55. The second-order valence-electron chi connectivity index (χ2n) is 9.22. The molecule has 0 radical (unpaired) electrons. The van der Waals surface area contributed by atoms with Crippen molar-refractivity contribution < 1.29 is 23.9 Å². The SMILES string of the molecule is CC(C)(C)OC(=O)NCCNC(=O)C1CCCN(C(=O)c2ccccc2Oc2ccccc2)C1. The fraction of sp³-hybridized carbons (Fsp3) is 0.423. The zero-order valence-electron chi connectivity index (χ0n) is 20.0. The Morgan fingerprint density at radius 3 is 2.38 bits per heavy atom. The summed E-state index contributed by atoms with van der Waals surface area (Å²) in [6, 6.07) is 16.5. The van der Waals surface area contributed by atoms with Crippen molar-refractivity contribution in [3.8, 4) is 11.5 Å². The molecule has 0 aromatic heterocycles. The van der Waals surface area contributed by atoms with Crippen LogP contribution in [0.5, 0.6) is 11.5 Å². The number of carbonyl (C=O) groups excluding carboxylic acids is 3. The second kappa shape index (κ2) is 11.5. The molecule has 0 saturated carbocycles. The van der Waals surface area contributed by atoms with E-state index in [1.165, 1.54) is 0 Å². The standard InChI is InChI=1S/C26H33N3O5/c1-26(2,3)34-25(32)28-16-15-27-23(30)19-10-9-17-29(18-19)24(31)21-13-7-8-14-22(21)33-20-11-5-4-6-12-20/h4-8,11-14,19H,9-10,15-18H2,1-3H3,(H,27,30)(H,28,32). The van der Waals surface area contributed by atoms with Crippen LogP contribution < -0.4 is 15.4 Å². The number of hydrogen-bond donors (Lipinski definition) is 2. The predicted molar refractivity (Wildman–Crippen MR) is 129 cm³/mol. The molecule has 2 N–H and O–H groups in total. The number of para-hydroxylation sites is 2. The number of carbonyl (C=O) groups is 3. The highest BCUT2D eigenvalue weighted by Gasteiger charge is 2.30. The van der Waals surface area contributed by atoms with E-state index >= 15 is 0 Å². The van der Waals surface area contributed by atoms with Gasteiger partial charge in [-0.3, -0.25) is 9.59 Å². The van der Waals surface area contributed by atoms with Crippen LogP contribution >= 0.6 is 0 Å². The van der Waals surface area contributed by atoms with E-state index in [2.05, 4.69) is 10.6 Å². The van der Waals surface area contributed by atoms with Gasteiger partial charge in [-0.25, -0.2) is 4.79 Å². The van der Waals surface area contributed by atoms with Crippen molar-refractivity contribution in [3.05, 3.63) is 60.2 Å². The van der Waals surface area contributed by atoms with Gasteiger partial charge in [0.15, 0.2) is 0 Å². The molecule has 0 bridgehead atoms. The summed E-state index contributed by atoms with van der Waals surface area (Å²) < 4.78 is 11.1. The molecule has 3 amide bonds. The highest BCUT2D eigenvalue weighted by atomic mass is 16.6. The first-order valence-electron chi connectivity index (χ1n) is 11.6. The number of nitrogens with zero attached hydrogens (tertiary/aromatic N) is 1. The van der Waals surface area contributed by atoms with Crippen LogP contribution in [0.1, 0.15) is 44.0 Å². The van der Waals surface area contributed by atoms with Gasteiger partial charge in [0.2, 0.25) is 5.91 Å². The predicted octanol–water partition coefficient (Wildman–Crippen LogP) is 3.97. The summed E-state index contributed by atoms with van der Waals surface area (Å²) >= 11 is 0. The maximum Gasteiger partial charge on any atom is 0.407 e. The van der Waals surface area contributed by atoms with Gasteiger partial charge in [-0.1, -0.05) is 30.3 Å². The molecule has 2 aromatic rings. The Balaban J connectivity index is 1.53. The molecular weight excluding hydrogens is 434 g/mol. The Labute approximate surface area is 200 Å². The lowest BCUT2D eigenvalue weighted by Gasteiger charge is -2.32. The zero-order valence-corrected chi connectivity index (χ0v) is 20.0. The van der Waals surface area contributed by atoms with Gasteiger partial charge in [-0.05, 0) is 57.9 Å². The van der Waals surface area contributed by atoms with Crippen LogP contribution in [0.3, 0.4) is 0 Å². The number of piperidine rings is 1. The van der Waals surface area contributed by atoms with E-state index in [0.29, 0.717) is 36.6 Å². The monoisotopic (exact) mass is 467 g/mol. The van der Waals surface area contributed by atoms with E-state index in [1.807, 2.05) is 36.4 Å². The van der Waals surface area contributed by atoms with Crippen LogP contribution in [0.4, 0.5) is 4.79 Å². The third-order valence-electron chi connectivity index (χ3n) is 5.26. The number of alkyl carbamates (subject to hydrolysis) is 1. The summed E-state index contributed by atoms with van der Waals surface area (Å²) in [4.78, 5) is 39.4. The number of likely N-dealkylation sites (tertiary alicyclic amines) is 1. The van der Waals surface area contributed by atoms with E-state index < -0.39 is 11.7 Å². The van der Waals surface area contributed by atoms with Gasteiger partial charge in [-0.2, -0.15) is 0 Å². The molecule has 1 fully saturated rings. The molecule has 1 aliphatic rings. The van der Waals surface area contributed by atoms with E-state index in [-0.39, 0.29) is 30.8 Å². The molecule has 1 aliphatic heterocycles. The fourth-order valence-electron chi connectivity index (χ4n) is 3.70. The van der Waals surface area contributed by atoms with Crippen molar-refractivity contribution in [2.45, 2.75) is 39.2 Å². The quantitative estimate of drug-likeness (QED) is 0.601. The van der Waals surface area contributed by atoms with Gasteiger partial charge >= 0.3 is 6.09 Å². The average molecular weight is 468 g/mol. The Bertz CT molecular complexity index is 987. The number of benzene rings is 2. The smallest absolute Gasteiger partial charge is 0.407 e. The van der Waals surface area contributed by atoms with Crippen LogP contribution in [0.25, 0.3) is 0 Å². The van der Waals surface area contributed by atoms with Crippen molar-refractivity contribution in [1.82, 2.24) is 15.5 Å². The molecule has 182 valence electrons. The maximum atomic E-state index is 13.3. The molecule has 8 nitrogen and oxygen atoms in total. The van der Waals surface area contributed by atoms with E-state index in [0.717, 1.165) is 6.42 Å². The maximum absolute atomic E-state index is 13.3. The first-order valence-corrected chi connectivity index (χ1v) is 11.6. The number of rotatable bonds is 7. The lowest BCUT2D eigenvalue weighted by molar-refractivity contribution is -0.126. The Morgan fingerprint density at radius 1 is 0.971 bits per heavy atom. The van der Waals surface area contributed by atoms with Gasteiger partial charge in [0.25, 0.3) is 5.91 Å². The van der Waals surface area contributed by atoms with Crippen LogP contribution in [0.15, 0.2) is 54.6 Å². The van der Waals surface area contributed by atoms with Gasteiger partial charge in [0.1, 0.15) is 17.1 Å². The molecule has 0 aliphatic carbocycles. The number of hydrogen-bond acceptors (Lipinski definition) is 5. The molecule has 1 unspecified atom stereocenters. The van der Waals surface area contributed by atoms with Crippen molar-refractivity contribution in [2.75, 3.05) is 26.2 Å². The van der Waals surface area contributed by atoms with Gasteiger partial charge in [0.05, 0.1) is 11.5 Å². The van der Waals surface area contributed by atoms with Crippen LogP contribution in [-0.4, -0.2) is 54.6 Å². The molecule has 0 spiro atoms. The van der Waals surface area contributed by atoms with E-state index in [9.17, 15) is 14.4 Å². The summed E-state index contributed by atoms with van der Waals surface area (Å²) in [7, 11) is 0. The van der Waals surface area contributed by atoms with Gasteiger partial charge in [0, 0.05) is 26.2 Å². The summed E-state index contributed by atoms with van der Waals surface area (Å²) in [5.41, 5.74) is -0.107. The molecule has 1 atom stereocenters. The minimum atomic E-state index is -0.573. The molecular formula is C26H33N3O5. The fourth-order valence-corrected chi connectivity index (χ4v) is 3.70. The van der Waals surface area contributed by atoms with Gasteiger partial charge in [-0.15, -0.1) is 0 Å². The summed E-state index contributed by atoms with van der Waals surface area (Å²) in [5.74, 6) is 0.548. The first-order chi connectivity index (χ1) is 16.2. The molecule has 1 saturated heterocycles. The number of amides is 3. The third kappa shape index (κ3) is 7.50. The molecule has 2 aromatic carbocycles. The van der Waals surface area contributed by atoms with Crippen molar-refractivity contribution in [2.24, 2.45) is 5.92 Å². The summed E-state index contributed by atoms with van der Waals surface area (Å²) in [6.07, 6.45) is 0.923. The largest absolute Gasteiger partial charge is 0.457 e. The Kier molecular flexibility index (Phi) is 8.51. The average Bonchev–Trinajstić information content (AvgIpc) is 2.81. The molecule has 3 rings (SSSR count). The minimum Gasteiger partial charge on any atom is -0.457 e. The van der Waals surface area contributed by atoms with Crippen LogP contribution in [-0.2, 0) is 9.53 Å². The highest BCUT2D eigenvalue weighted by molar-refractivity contribution is 5.97. The highest BCUT2D eigenvalue weighted by Crippen LogP contribution is 2.27. The number of ether oxygens (including phenoxy) is 2. The zero-order chi connectivity index (χ0) is 24.6. The van der Waals surface area contributed by atoms with E-state index in [4.69, 9.17) is 9.47 Å². The molecule has 1 heterocycles. The molecule has 8 heteroatoms. The van der Waals surface area contributed by atoms with Gasteiger partial charge < -0.3 is 25.0 Å². The first kappa shape index (κ1) is 25.1. The number of nitrogens with one attached hydrogen (secondary N) is 2. The van der Waals surface area contributed by atoms with Crippen molar-refractivity contribution >= 4 is 17.9 Å². The summed E-state index contributed by atoms with van der Waals surface area (Å²) in [6.45, 7) is 6.84. The minimum absolute atomic E-state index is 0.127. The van der Waals surface area contributed by atoms with Crippen molar-refractivity contribution in [3.63, 3.8) is 0 Å². The second-order valence-corrected chi connectivity index (χ2v) is 9.22. The third-order valence-corrected chi connectivity index (χ3v) is 5.26. The topological polar surface area (TPSA) is 97.0 Å².